The van der Waals surface area contributed by atoms with Crippen LogP contribution in [0.2, 0.25) is 0 Å². The van der Waals surface area contributed by atoms with Crippen LogP contribution >= 0.6 is 0 Å². The lowest BCUT2D eigenvalue weighted by Crippen LogP contribution is -2.13. The third kappa shape index (κ3) is 2.75. The topological polar surface area (TPSA) is 98.0 Å². The average molecular weight is 264 g/mol. The van der Waals surface area contributed by atoms with E-state index in [-0.39, 0.29) is 10.7 Å². The fraction of sp³-hybridized carbons (Fsp3) is 0.0909. The number of pyridine rings is 2. The maximum absolute atomic E-state index is 12.0. The zero-order valence-corrected chi connectivity index (χ0v) is 10.5. The lowest BCUT2D eigenvalue weighted by atomic mass is 10.3. The molecule has 0 aliphatic carbocycles. The molecule has 0 unspecified atom stereocenters. The number of aromatic nitrogens is 2. The first-order valence-electron chi connectivity index (χ1n) is 5.13. The first-order valence-corrected chi connectivity index (χ1v) is 6.62. The van der Waals surface area contributed by atoms with Crippen LogP contribution in [-0.2, 0) is 10.0 Å². The van der Waals surface area contributed by atoms with E-state index in [2.05, 4.69) is 14.7 Å². The van der Waals surface area contributed by atoms with E-state index in [0.29, 0.717) is 5.69 Å². The monoisotopic (exact) mass is 264 g/mol. The zero-order valence-electron chi connectivity index (χ0n) is 9.66. The van der Waals surface area contributed by atoms with Crippen LogP contribution < -0.4 is 10.5 Å². The number of rotatable bonds is 3. The second-order valence-corrected chi connectivity index (χ2v) is 5.46. The van der Waals surface area contributed by atoms with Crippen molar-refractivity contribution in [3.63, 3.8) is 0 Å². The summed E-state index contributed by atoms with van der Waals surface area (Å²) >= 11 is 0. The van der Waals surface area contributed by atoms with E-state index < -0.39 is 10.0 Å². The number of sulfonamides is 1. The Morgan fingerprint density at radius 2 is 2.06 bits per heavy atom. The van der Waals surface area contributed by atoms with Crippen molar-refractivity contribution in [2.45, 2.75) is 11.8 Å². The van der Waals surface area contributed by atoms with E-state index in [9.17, 15) is 8.42 Å². The molecular weight excluding hydrogens is 252 g/mol. The molecule has 0 spiro atoms. The van der Waals surface area contributed by atoms with E-state index in [0.717, 1.165) is 5.56 Å². The Bertz CT molecular complexity index is 670. The Balaban J connectivity index is 2.33. The van der Waals surface area contributed by atoms with E-state index in [4.69, 9.17) is 5.73 Å². The molecule has 0 saturated carbocycles. The SMILES string of the molecule is Cc1cncc(NS(=O)(=O)c2ccnc(N)c2)c1. The molecule has 2 rings (SSSR count). The Morgan fingerprint density at radius 1 is 1.28 bits per heavy atom. The van der Waals surface area contributed by atoms with E-state index >= 15 is 0 Å². The molecule has 0 fully saturated rings. The third-order valence-electron chi connectivity index (χ3n) is 2.19. The number of nitrogen functional groups attached to an aromatic ring is 1. The quantitative estimate of drug-likeness (QED) is 0.867. The highest BCUT2D eigenvalue weighted by molar-refractivity contribution is 7.92. The molecule has 0 radical (unpaired) electrons. The van der Waals surface area contributed by atoms with Crippen LogP contribution in [0.1, 0.15) is 5.56 Å². The first kappa shape index (κ1) is 12.3. The van der Waals surface area contributed by atoms with Crippen LogP contribution in [0, 0.1) is 6.92 Å². The van der Waals surface area contributed by atoms with Crippen LogP contribution in [0.25, 0.3) is 0 Å². The minimum absolute atomic E-state index is 0.0662. The molecule has 2 aromatic rings. The number of nitrogens with two attached hydrogens (primary N) is 1. The summed E-state index contributed by atoms with van der Waals surface area (Å²) in [6.45, 7) is 1.83. The van der Waals surface area contributed by atoms with E-state index in [1.165, 1.54) is 24.5 Å². The van der Waals surface area contributed by atoms with Crippen molar-refractivity contribution in [3.05, 3.63) is 42.4 Å². The molecule has 0 aromatic carbocycles. The highest BCUT2D eigenvalue weighted by Crippen LogP contribution is 2.16. The second kappa shape index (κ2) is 4.61. The van der Waals surface area contributed by atoms with Crippen molar-refractivity contribution in [2.75, 3.05) is 10.5 Å². The number of aryl methyl sites for hydroxylation is 1. The van der Waals surface area contributed by atoms with Crippen LogP contribution in [0.5, 0.6) is 0 Å². The molecule has 0 amide bonds. The van der Waals surface area contributed by atoms with Gasteiger partial charge in [-0.1, -0.05) is 0 Å². The Labute approximate surface area is 105 Å². The van der Waals surface area contributed by atoms with Gasteiger partial charge in [0.15, 0.2) is 0 Å². The molecule has 3 N–H and O–H groups in total. The summed E-state index contributed by atoms with van der Waals surface area (Å²) in [6, 6.07) is 4.36. The highest BCUT2D eigenvalue weighted by atomic mass is 32.2. The van der Waals surface area contributed by atoms with Gasteiger partial charge in [0.05, 0.1) is 16.8 Å². The third-order valence-corrected chi connectivity index (χ3v) is 3.57. The molecule has 0 atom stereocenters. The largest absolute Gasteiger partial charge is 0.384 e. The lowest BCUT2D eigenvalue weighted by Gasteiger charge is -2.08. The summed E-state index contributed by atoms with van der Waals surface area (Å²) in [5.74, 6) is 0.153. The van der Waals surface area contributed by atoms with Gasteiger partial charge in [0.1, 0.15) is 5.82 Å². The van der Waals surface area contributed by atoms with E-state index in [1.54, 1.807) is 12.3 Å². The number of hydrogen-bond acceptors (Lipinski definition) is 5. The predicted octanol–water partition coefficient (Wildman–Crippen LogP) is 1.17. The highest BCUT2D eigenvalue weighted by Gasteiger charge is 2.14. The molecule has 0 aliphatic heterocycles. The summed E-state index contributed by atoms with van der Waals surface area (Å²) < 4.78 is 26.5. The molecule has 0 bridgehead atoms. The van der Waals surface area contributed by atoms with Crippen molar-refractivity contribution in [1.29, 1.82) is 0 Å². The number of nitrogens with zero attached hydrogens (tertiary/aromatic N) is 2. The predicted molar refractivity (Wildman–Crippen MR) is 68.4 cm³/mol. The van der Waals surface area contributed by atoms with Gasteiger partial charge in [0, 0.05) is 18.5 Å². The van der Waals surface area contributed by atoms with Crippen LogP contribution in [-0.4, -0.2) is 18.4 Å². The molecular formula is C11H12N4O2S. The number of hydrogen-bond donors (Lipinski definition) is 2. The molecule has 6 nitrogen and oxygen atoms in total. The fourth-order valence-electron chi connectivity index (χ4n) is 1.42. The Hall–Kier alpha value is -2.15. The smallest absolute Gasteiger partial charge is 0.262 e. The number of anilines is 2. The molecule has 0 saturated heterocycles. The zero-order chi connectivity index (χ0) is 13.2. The molecule has 18 heavy (non-hydrogen) atoms. The molecule has 2 heterocycles. The standard InChI is InChI=1S/C11H12N4O2S/c1-8-4-9(7-13-6-8)15-18(16,17)10-2-3-14-11(12)5-10/h2-7,15H,1H3,(H2,12,14). The van der Waals surface area contributed by atoms with Crippen molar-refractivity contribution >= 4 is 21.5 Å². The van der Waals surface area contributed by atoms with Gasteiger partial charge in [-0.2, -0.15) is 0 Å². The molecule has 7 heteroatoms. The normalized spacial score (nSPS) is 11.2. The van der Waals surface area contributed by atoms with Gasteiger partial charge >= 0.3 is 0 Å². The van der Waals surface area contributed by atoms with Crippen LogP contribution in [0.4, 0.5) is 11.5 Å². The second-order valence-electron chi connectivity index (χ2n) is 3.77. The summed E-state index contributed by atoms with van der Waals surface area (Å²) in [4.78, 5) is 7.73. The molecule has 0 aliphatic rings. The maximum Gasteiger partial charge on any atom is 0.262 e. The Kier molecular flexibility index (Phi) is 3.15. The van der Waals surface area contributed by atoms with Gasteiger partial charge in [-0.3, -0.25) is 9.71 Å². The summed E-state index contributed by atoms with van der Waals surface area (Å²) in [5, 5.41) is 0. The van der Waals surface area contributed by atoms with Gasteiger partial charge in [-0.15, -0.1) is 0 Å². The van der Waals surface area contributed by atoms with Crippen molar-refractivity contribution in [1.82, 2.24) is 9.97 Å². The number of nitrogens with one attached hydrogen (secondary N) is 1. The molecule has 94 valence electrons. The van der Waals surface area contributed by atoms with Gasteiger partial charge in [-0.25, -0.2) is 13.4 Å². The van der Waals surface area contributed by atoms with Crippen LogP contribution in [0.15, 0.2) is 41.7 Å². The molecule has 2 aromatic heterocycles. The van der Waals surface area contributed by atoms with Gasteiger partial charge in [0.25, 0.3) is 10.0 Å². The van der Waals surface area contributed by atoms with Gasteiger partial charge < -0.3 is 5.73 Å². The lowest BCUT2D eigenvalue weighted by molar-refractivity contribution is 0.601. The minimum atomic E-state index is -3.66. The fourth-order valence-corrected chi connectivity index (χ4v) is 2.48. The maximum atomic E-state index is 12.0. The first-order chi connectivity index (χ1) is 8.47. The van der Waals surface area contributed by atoms with Crippen LogP contribution in [0.3, 0.4) is 0 Å². The minimum Gasteiger partial charge on any atom is -0.384 e. The van der Waals surface area contributed by atoms with E-state index in [1.807, 2.05) is 6.92 Å². The Morgan fingerprint density at radius 3 is 2.72 bits per heavy atom. The van der Waals surface area contributed by atoms with Crippen molar-refractivity contribution < 1.29 is 8.42 Å². The van der Waals surface area contributed by atoms with Crippen molar-refractivity contribution in [3.8, 4) is 0 Å². The summed E-state index contributed by atoms with van der Waals surface area (Å²) in [6.07, 6.45) is 4.43. The summed E-state index contributed by atoms with van der Waals surface area (Å²) in [7, 11) is -3.66. The van der Waals surface area contributed by atoms with Gasteiger partial charge in [0.2, 0.25) is 0 Å². The van der Waals surface area contributed by atoms with Crippen molar-refractivity contribution in [2.24, 2.45) is 0 Å². The summed E-state index contributed by atoms with van der Waals surface area (Å²) in [5.41, 5.74) is 6.73. The van der Waals surface area contributed by atoms with Gasteiger partial charge in [-0.05, 0) is 24.6 Å². The average Bonchev–Trinajstić information content (AvgIpc) is 2.28.